The second-order valence-corrected chi connectivity index (χ2v) is 22.2. The molecular formula is C57H66N14O4S3. The Morgan fingerprint density at radius 2 is 1.59 bits per heavy atom. The number of aromatic nitrogens is 5. The number of nitrogens with one attached hydrogen (secondary N) is 5. The molecule has 3 aromatic carbocycles. The molecule has 0 bridgehead atoms. The van der Waals surface area contributed by atoms with Gasteiger partial charge in [-0.05, 0) is 132 Å². The second-order valence-electron chi connectivity index (χ2n) is 19.5. The van der Waals surface area contributed by atoms with Gasteiger partial charge in [0.05, 0.1) is 28.8 Å². The lowest BCUT2D eigenvalue weighted by Crippen LogP contribution is -2.43. The van der Waals surface area contributed by atoms with Crippen molar-refractivity contribution < 1.29 is 14.4 Å². The van der Waals surface area contributed by atoms with Gasteiger partial charge in [-0.15, -0.1) is 44.2 Å². The predicted molar refractivity (Wildman–Crippen MR) is 314 cm³/mol. The van der Waals surface area contributed by atoms with Gasteiger partial charge in [-0.1, -0.05) is 61.4 Å². The zero-order valence-electron chi connectivity index (χ0n) is 43.9. The van der Waals surface area contributed by atoms with Crippen LogP contribution in [0.4, 0.5) is 22.2 Å². The fourth-order valence-electron chi connectivity index (χ4n) is 9.63. The molecule has 3 amide bonds. The van der Waals surface area contributed by atoms with Crippen LogP contribution in [-0.4, -0.2) is 93.7 Å². The zero-order valence-corrected chi connectivity index (χ0v) is 46.4. The van der Waals surface area contributed by atoms with Crippen molar-refractivity contribution >= 4 is 84.1 Å². The highest BCUT2D eigenvalue weighted by Crippen LogP contribution is 2.34. The Morgan fingerprint density at radius 1 is 0.833 bits per heavy atom. The largest absolute Gasteiger partial charge is 0.399 e. The lowest BCUT2D eigenvalue weighted by molar-refractivity contribution is -0.127. The summed E-state index contributed by atoms with van der Waals surface area (Å²) in [5, 5.41) is 28.9. The highest BCUT2D eigenvalue weighted by Gasteiger charge is 2.27. The van der Waals surface area contributed by atoms with E-state index in [-0.39, 0.29) is 35.4 Å². The number of nitrogen functional groups attached to an aromatic ring is 2. The topological polar surface area (TPSA) is 256 Å². The third-order valence-electron chi connectivity index (χ3n) is 14.1. The fourth-order valence-corrected chi connectivity index (χ4v) is 11.9. The van der Waals surface area contributed by atoms with E-state index in [0.29, 0.717) is 74.2 Å². The van der Waals surface area contributed by atoms with Crippen LogP contribution < -0.4 is 38.3 Å². The van der Waals surface area contributed by atoms with E-state index in [0.717, 1.165) is 35.3 Å². The molecule has 1 atom stereocenters. The molecule has 0 spiro atoms. The monoisotopic (exact) mass is 1110 g/mol. The Kier molecular flexibility index (Phi) is 19.0. The molecule has 3 aliphatic rings. The van der Waals surface area contributed by atoms with Crippen molar-refractivity contribution in [2.45, 2.75) is 77.2 Å². The average molecular weight is 1110 g/mol. The summed E-state index contributed by atoms with van der Waals surface area (Å²) < 4.78 is 1.36. The lowest BCUT2D eigenvalue weighted by atomic mass is 9.91. The van der Waals surface area contributed by atoms with Crippen LogP contribution in [0, 0.1) is 5.92 Å². The second kappa shape index (κ2) is 26.8. The number of pyridine rings is 1. The van der Waals surface area contributed by atoms with Crippen LogP contribution in [0.5, 0.6) is 0 Å². The van der Waals surface area contributed by atoms with Gasteiger partial charge in [0.2, 0.25) is 16.2 Å². The number of piperidine rings is 1. The number of carbonyl (C=O) groups is 3. The molecule has 9 N–H and O–H groups in total. The third-order valence-corrected chi connectivity index (χ3v) is 16.7. The van der Waals surface area contributed by atoms with Gasteiger partial charge in [0, 0.05) is 70.8 Å². The highest BCUT2D eigenvalue weighted by atomic mass is 32.1. The Bertz CT molecular complexity index is 3360. The summed E-state index contributed by atoms with van der Waals surface area (Å²) in [6.07, 6.45) is 13.8. The summed E-state index contributed by atoms with van der Waals surface area (Å²) in [6, 6.07) is 26.3. The average Bonchev–Trinajstić information content (AvgIpc) is 4.32. The SMILES string of the molecule is C1CCCNCC1.CNC(=O)c1sc2nc(C(C)NC(=O)C3CCN(CCNC(=O)c4ccc(-c5csc(-n6[nH]c(-c7ccccc7)c(N=Nc7nccs7)c6=O)n5)cc4)CC3)ccc2c1N.Nc1ccc2c(c1)CCCC2. The highest BCUT2D eigenvalue weighted by molar-refractivity contribution is 7.21. The van der Waals surface area contributed by atoms with Gasteiger partial charge in [0.15, 0.2) is 5.69 Å². The third kappa shape index (κ3) is 14.0. The number of amides is 3. The first kappa shape index (κ1) is 55.3. The summed E-state index contributed by atoms with van der Waals surface area (Å²) in [7, 11) is 1.56. The number of rotatable bonds is 13. The number of benzene rings is 3. The number of thiazole rings is 2. The first-order valence-corrected chi connectivity index (χ1v) is 29.2. The summed E-state index contributed by atoms with van der Waals surface area (Å²) in [4.78, 5) is 68.9. The Balaban J connectivity index is 0.000000344. The number of aromatic amines is 1. The van der Waals surface area contributed by atoms with E-state index in [1.807, 2.05) is 73.0 Å². The van der Waals surface area contributed by atoms with E-state index in [1.165, 1.54) is 114 Å². The zero-order chi connectivity index (χ0) is 54.4. The molecule has 2 fully saturated rings. The van der Waals surface area contributed by atoms with Crippen molar-refractivity contribution in [3.8, 4) is 27.6 Å². The lowest BCUT2D eigenvalue weighted by Gasteiger charge is -2.31. The molecular weight excluding hydrogens is 1040 g/mol. The van der Waals surface area contributed by atoms with Gasteiger partial charge >= 0.3 is 5.56 Å². The van der Waals surface area contributed by atoms with E-state index in [2.05, 4.69) is 63.6 Å². The number of thiophene rings is 1. The minimum absolute atomic E-state index is 0.0124. The molecule has 2 saturated heterocycles. The first-order valence-electron chi connectivity index (χ1n) is 26.6. The summed E-state index contributed by atoms with van der Waals surface area (Å²) >= 11 is 3.86. The van der Waals surface area contributed by atoms with Crippen LogP contribution in [0.25, 0.3) is 37.9 Å². The van der Waals surface area contributed by atoms with Gasteiger partial charge in [-0.2, -0.15) is 4.68 Å². The molecule has 406 valence electrons. The molecule has 8 aromatic rings. The Hall–Kier alpha value is -7.43. The number of anilines is 2. The number of H-pyrrole nitrogens is 1. The molecule has 2 aliphatic heterocycles. The quantitative estimate of drug-likeness (QED) is 0.0422. The van der Waals surface area contributed by atoms with Gasteiger partial charge in [0.25, 0.3) is 11.8 Å². The van der Waals surface area contributed by atoms with Crippen molar-refractivity contribution in [3.63, 3.8) is 0 Å². The number of hydrogen-bond acceptors (Lipinski definition) is 16. The molecule has 78 heavy (non-hydrogen) atoms. The molecule has 21 heteroatoms. The number of nitrogens with two attached hydrogens (primary N) is 2. The molecule has 0 saturated carbocycles. The summed E-state index contributed by atoms with van der Waals surface area (Å²) in [6.45, 7) is 7.02. The molecule has 1 aliphatic carbocycles. The van der Waals surface area contributed by atoms with Gasteiger partial charge in [-0.25, -0.2) is 15.0 Å². The first-order chi connectivity index (χ1) is 38.0. The van der Waals surface area contributed by atoms with E-state index < -0.39 is 5.56 Å². The number of hydrogen-bond donors (Lipinski definition) is 7. The van der Waals surface area contributed by atoms with Crippen LogP contribution in [-0.2, 0) is 17.6 Å². The summed E-state index contributed by atoms with van der Waals surface area (Å²) in [5.74, 6) is -0.568. The molecule has 5 aromatic heterocycles. The van der Waals surface area contributed by atoms with Crippen molar-refractivity contribution in [1.82, 2.24) is 50.9 Å². The number of aryl methyl sites for hydroxylation is 2. The number of carbonyl (C=O) groups excluding carboxylic acids is 3. The number of likely N-dealkylation sites (tertiary alicyclic amines) is 1. The predicted octanol–water partition coefficient (Wildman–Crippen LogP) is 10.00. The van der Waals surface area contributed by atoms with Crippen LogP contribution in [0.1, 0.15) is 101 Å². The smallest absolute Gasteiger partial charge is 0.301 e. The minimum atomic E-state index is -0.393. The fraction of sp³-hybridized carbons (Fsp3) is 0.351. The maximum absolute atomic E-state index is 13.6. The van der Waals surface area contributed by atoms with Crippen LogP contribution in [0.2, 0.25) is 0 Å². The van der Waals surface area contributed by atoms with Crippen molar-refractivity contribution in [1.29, 1.82) is 0 Å². The molecule has 1 unspecified atom stereocenters. The number of azo groups is 1. The van der Waals surface area contributed by atoms with Crippen LogP contribution in [0.3, 0.4) is 0 Å². The summed E-state index contributed by atoms with van der Waals surface area (Å²) in [5.41, 5.74) is 19.9. The molecule has 11 rings (SSSR count). The van der Waals surface area contributed by atoms with E-state index in [1.54, 1.807) is 30.8 Å². The van der Waals surface area contributed by atoms with Crippen LogP contribution in [0.15, 0.2) is 117 Å². The van der Waals surface area contributed by atoms with E-state index in [4.69, 9.17) is 16.5 Å². The molecule has 18 nitrogen and oxygen atoms in total. The van der Waals surface area contributed by atoms with Crippen molar-refractivity contribution in [2.24, 2.45) is 16.1 Å². The van der Waals surface area contributed by atoms with Gasteiger partial charge in [0.1, 0.15) is 9.71 Å². The van der Waals surface area contributed by atoms with Gasteiger partial charge < -0.3 is 37.6 Å². The maximum atomic E-state index is 13.6. The number of nitrogens with zero attached hydrogens (tertiary/aromatic N) is 7. The van der Waals surface area contributed by atoms with Crippen LogP contribution >= 0.6 is 34.0 Å². The van der Waals surface area contributed by atoms with Crippen molar-refractivity contribution in [2.75, 3.05) is 57.8 Å². The Labute approximate surface area is 465 Å². The standard InChI is InChI=1S/C41H40N12O4S3.C10H13N.C6H13N/c1-23(29-13-12-28-31(42)34(37(56)43-2)60-38(28)47-29)46-36(55)27-14-18-52(19-15-27)20-16-44-35(54)26-10-8-24(9-11-26)30-22-59-41(48-30)53-39(57)33(49-50-40-45-17-21-58-40)32(51-53)25-6-4-3-5-7-25;11-10-6-5-8-3-1-2-4-9(8)7-10;1-2-4-6-7-5-3-1/h3-13,17,21-23,27,51H,14-16,18-20,42H2,1-2H3,(H,43,56)(H,44,54)(H,46,55);5-7H,1-4,11H2;7H,1-6H2. The van der Waals surface area contributed by atoms with Gasteiger partial charge in [-0.3, -0.25) is 24.3 Å². The van der Waals surface area contributed by atoms with E-state index in [9.17, 15) is 19.2 Å². The van der Waals surface area contributed by atoms with E-state index >= 15 is 0 Å². The normalized spacial score (nSPS) is 15.3. The molecule has 0 radical (unpaired) electrons. The minimum Gasteiger partial charge on any atom is -0.399 e. The maximum Gasteiger partial charge on any atom is 0.301 e. The molecule has 7 heterocycles. The Morgan fingerprint density at radius 3 is 2.32 bits per heavy atom. The number of fused-ring (bicyclic) bond motifs is 2. The van der Waals surface area contributed by atoms with Crippen molar-refractivity contribution in [3.05, 3.63) is 140 Å².